The monoisotopic (exact) mass is 293 g/mol. The molecule has 2 aliphatic rings. The van der Waals surface area contributed by atoms with Crippen LogP contribution in [0.15, 0.2) is 24.3 Å². The first-order valence-corrected chi connectivity index (χ1v) is 7.08. The molecule has 2 heterocycles. The molecule has 0 N–H and O–H groups in total. The van der Waals surface area contributed by atoms with Gasteiger partial charge >= 0.3 is 6.03 Å². The second-order valence-corrected chi connectivity index (χ2v) is 5.93. The van der Waals surface area contributed by atoms with Crippen LogP contribution in [0.3, 0.4) is 0 Å². The second-order valence-electron chi connectivity index (χ2n) is 4.59. The molecule has 20 heavy (non-hydrogen) atoms. The van der Waals surface area contributed by atoms with Crippen molar-refractivity contribution in [3.8, 4) is 0 Å². The van der Waals surface area contributed by atoms with Crippen LogP contribution < -0.4 is 4.90 Å². The van der Waals surface area contributed by atoms with E-state index in [9.17, 15) is 19.7 Å². The fraction of sp³-hybridized carbons (Fsp3) is 0.333. The Morgan fingerprint density at radius 1 is 1.30 bits per heavy atom. The third-order valence-corrected chi connectivity index (χ3v) is 4.68. The van der Waals surface area contributed by atoms with Crippen LogP contribution in [0.4, 0.5) is 16.2 Å². The van der Waals surface area contributed by atoms with E-state index in [2.05, 4.69) is 0 Å². The molecule has 2 atom stereocenters. The van der Waals surface area contributed by atoms with Gasteiger partial charge in [0.05, 0.1) is 16.0 Å². The number of amides is 3. The normalized spacial score (nSPS) is 25.2. The molecule has 2 fully saturated rings. The zero-order valence-electron chi connectivity index (χ0n) is 10.6. The van der Waals surface area contributed by atoms with E-state index in [4.69, 9.17) is 0 Å². The van der Waals surface area contributed by atoms with E-state index < -0.39 is 11.0 Å². The summed E-state index contributed by atoms with van der Waals surface area (Å²) in [6, 6.07) is 4.65. The molecule has 1 aromatic carbocycles. The molecule has 0 bridgehead atoms. The van der Waals surface area contributed by atoms with Gasteiger partial charge in [0.25, 0.3) is 11.6 Å². The van der Waals surface area contributed by atoms with Gasteiger partial charge in [-0.25, -0.2) is 9.69 Å². The number of fused-ring (bicyclic) bond motifs is 1. The number of nitro groups is 1. The third kappa shape index (κ3) is 1.75. The number of carbonyl (C=O) groups is 2. The van der Waals surface area contributed by atoms with Crippen molar-refractivity contribution >= 4 is 35.1 Å². The van der Waals surface area contributed by atoms with Crippen molar-refractivity contribution in [2.75, 3.05) is 10.7 Å². The zero-order valence-corrected chi connectivity index (χ0v) is 11.4. The highest BCUT2D eigenvalue weighted by molar-refractivity contribution is 8.00. The molecular formula is C12H11N3O4S. The van der Waals surface area contributed by atoms with Crippen molar-refractivity contribution in [1.82, 2.24) is 4.90 Å². The SMILES string of the molecule is CC1SC[C@H]2C(=O)N(c3ccc([N+](=O)[O-])cc3)C(=O)N12. The minimum absolute atomic E-state index is 0.0282. The minimum Gasteiger partial charge on any atom is -0.299 e. The van der Waals surface area contributed by atoms with Gasteiger partial charge in [0.2, 0.25) is 0 Å². The van der Waals surface area contributed by atoms with Crippen molar-refractivity contribution in [2.24, 2.45) is 0 Å². The van der Waals surface area contributed by atoms with E-state index in [1.165, 1.54) is 24.3 Å². The van der Waals surface area contributed by atoms with Crippen LogP contribution in [-0.2, 0) is 4.79 Å². The fourth-order valence-corrected chi connectivity index (χ4v) is 3.61. The van der Waals surface area contributed by atoms with Gasteiger partial charge in [-0.3, -0.25) is 19.8 Å². The number of hydrogen-bond donors (Lipinski definition) is 0. The number of carbonyl (C=O) groups excluding carboxylic acids is 2. The third-order valence-electron chi connectivity index (χ3n) is 3.46. The molecule has 3 rings (SSSR count). The van der Waals surface area contributed by atoms with Gasteiger partial charge in [-0.1, -0.05) is 0 Å². The highest BCUT2D eigenvalue weighted by Gasteiger charge is 2.51. The number of hydrogen-bond acceptors (Lipinski definition) is 5. The Balaban J connectivity index is 1.93. The Morgan fingerprint density at radius 3 is 2.50 bits per heavy atom. The van der Waals surface area contributed by atoms with E-state index >= 15 is 0 Å². The summed E-state index contributed by atoms with van der Waals surface area (Å²) in [5, 5.41) is 10.6. The van der Waals surface area contributed by atoms with Crippen molar-refractivity contribution in [2.45, 2.75) is 18.3 Å². The molecule has 1 aromatic rings. The van der Waals surface area contributed by atoms with Gasteiger partial charge in [-0.15, -0.1) is 11.8 Å². The summed E-state index contributed by atoms with van der Waals surface area (Å²) in [7, 11) is 0. The Labute approximate surface area is 118 Å². The first-order chi connectivity index (χ1) is 9.50. The molecule has 0 radical (unpaired) electrons. The number of rotatable bonds is 2. The lowest BCUT2D eigenvalue weighted by Crippen LogP contribution is -2.35. The lowest BCUT2D eigenvalue weighted by Gasteiger charge is -2.19. The molecule has 0 aromatic heterocycles. The van der Waals surface area contributed by atoms with E-state index in [1.54, 1.807) is 16.7 Å². The van der Waals surface area contributed by atoms with Crippen LogP contribution in [0.2, 0.25) is 0 Å². The average molecular weight is 293 g/mol. The first-order valence-electron chi connectivity index (χ1n) is 6.03. The van der Waals surface area contributed by atoms with Gasteiger partial charge in [0.15, 0.2) is 0 Å². The topological polar surface area (TPSA) is 83.8 Å². The summed E-state index contributed by atoms with van der Waals surface area (Å²) in [6.07, 6.45) is 0. The van der Waals surface area contributed by atoms with Crippen molar-refractivity contribution in [1.29, 1.82) is 0 Å². The van der Waals surface area contributed by atoms with Crippen LogP contribution in [0.1, 0.15) is 6.92 Å². The van der Waals surface area contributed by atoms with Gasteiger partial charge in [-0.2, -0.15) is 0 Å². The summed E-state index contributed by atoms with van der Waals surface area (Å²) in [5.41, 5.74) is 0.300. The van der Waals surface area contributed by atoms with E-state index in [-0.39, 0.29) is 23.0 Å². The highest BCUT2D eigenvalue weighted by Crippen LogP contribution is 2.37. The Kier molecular flexibility index (Phi) is 2.89. The van der Waals surface area contributed by atoms with E-state index in [1.807, 2.05) is 6.92 Å². The zero-order chi connectivity index (χ0) is 14.4. The van der Waals surface area contributed by atoms with E-state index in [0.717, 1.165) is 4.90 Å². The number of non-ortho nitro benzene ring substituents is 1. The van der Waals surface area contributed by atoms with E-state index in [0.29, 0.717) is 11.4 Å². The average Bonchev–Trinajstić information content (AvgIpc) is 2.91. The maximum Gasteiger partial charge on any atom is 0.333 e. The molecule has 0 aliphatic carbocycles. The number of urea groups is 1. The van der Waals surface area contributed by atoms with Crippen LogP contribution >= 0.6 is 11.8 Å². The van der Waals surface area contributed by atoms with Crippen molar-refractivity contribution < 1.29 is 14.5 Å². The van der Waals surface area contributed by atoms with Crippen LogP contribution in [-0.4, -0.2) is 38.9 Å². The van der Waals surface area contributed by atoms with Gasteiger partial charge < -0.3 is 0 Å². The maximum absolute atomic E-state index is 12.3. The smallest absolute Gasteiger partial charge is 0.299 e. The predicted molar refractivity (Wildman–Crippen MR) is 73.5 cm³/mol. The second kappa shape index (κ2) is 4.48. The minimum atomic E-state index is -0.519. The Bertz CT molecular complexity index is 603. The lowest BCUT2D eigenvalue weighted by atomic mass is 10.2. The standard InChI is InChI=1S/C12H11N3O4S/c1-7-13-10(6-20-7)11(16)14(12(13)17)8-2-4-9(5-3-8)15(18)19/h2-5,7,10H,6H2,1H3/t7?,10-/m0/s1. The molecule has 104 valence electrons. The number of nitro benzene ring substituents is 1. The molecule has 2 saturated heterocycles. The van der Waals surface area contributed by atoms with Gasteiger partial charge in [0, 0.05) is 17.9 Å². The van der Waals surface area contributed by atoms with Crippen LogP contribution in [0, 0.1) is 10.1 Å². The van der Waals surface area contributed by atoms with Crippen LogP contribution in [0.25, 0.3) is 0 Å². The van der Waals surface area contributed by atoms with Gasteiger partial charge in [0.1, 0.15) is 6.04 Å². The molecular weight excluding hydrogens is 282 g/mol. The summed E-state index contributed by atoms with van der Waals surface area (Å²) in [5.74, 6) is 0.329. The Hall–Kier alpha value is -2.09. The molecule has 0 spiro atoms. The number of imide groups is 1. The number of anilines is 1. The summed E-state index contributed by atoms with van der Waals surface area (Å²) in [4.78, 5) is 37.3. The van der Waals surface area contributed by atoms with Crippen molar-refractivity contribution in [3.63, 3.8) is 0 Å². The molecule has 8 heteroatoms. The van der Waals surface area contributed by atoms with Crippen molar-refractivity contribution in [3.05, 3.63) is 34.4 Å². The molecule has 2 aliphatic heterocycles. The largest absolute Gasteiger partial charge is 0.333 e. The quantitative estimate of drug-likeness (QED) is 0.472. The fourth-order valence-electron chi connectivity index (χ4n) is 2.44. The molecule has 0 saturated carbocycles. The number of benzene rings is 1. The lowest BCUT2D eigenvalue weighted by molar-refractivity contribution is -0.384. The number of thioether (sulfide) groups is 1. The molecule has 7 nitrogen and oxygen atoms in total. The van der Waals surface area contributed by atoms with Crippen LogP contribution in [0.5, 0.6) is 0 Å². The van der Waals surface area contributed by atoms with Gasteiger partial charge in [-0.05, 0) is 19.1 Å². The Morgan fingerprint density at radius 2 is 1.95 bits per heavy atom. The predicted octanol–water partition coefficient (Wildman–Crippen LogP) is 1.82. The summed E-state index contributed by atoms with van der Waals surface area (Å²) in [6.45, 7) is 1.88. The number of nitrogens with zero attached hydrogens (tertiary/aromatic N) is 3. The molecule has 3 amide bonds. The highest BCUT2D eigenvalue weighted by atomic mass is 32.2. The first kappa shape index (κ1) is 12.9. The molecule has 1 unspecified atom stereocenters. The summed E-state index contributed by atoms with van der Waals surface area (Å²) >= 11 is 1.57. The summed E-state index contributed by atoms with van der Waals surface area (Å²) < 4.78 is 0. The maximum atomic E-state index is 12.3.